The lowest BCUT2D eigenvalue weighted by atomic mass is 10.4. The molecule has 0 heteroatoms. The normalized spacial score (nSPS) is 8.00. The van der Waals surface area contributed by atoms with E-state index in [1.54, 1.807) is 0 Å². The van der Waals surface area contributed by atoms with Crippen LogP contribution in [0.25, 0.3) is 0 Å². The predicted octanol–water partition coefficient (Wildman–Crippen LogP) is 0.00680. The number of hydrogen-bond acceptors (Lipinski definition) is 0. The summed E-state index contributed by atoms with van der Waals surface area (Å²) in [5, 5.41) is 0. The fourth-order valence-corrected chi connectivity index (χ4v) is 0.0625. The molecule has 1 rings (SSSR count). The van der Waals surface area contributed by atoms with Crippen LogP contribution in [-0.2, 0) is 0 Å². The first-order valence-corrected chi connectivity index (χ1v) is 1.00. The smallest absolute Gasteiger partial charge is 0 e. The summed E-state index contributed by atoms with van der Waals surface area (Å²) < 4.78 is 0. The second-order valence-corrected chi connectivity index (χ2v) is 0.500. The lowest BCUT2D eigenvalue weighted by Crippen LogP contribution is -1.57. The highest BCUT2D eigenvalue weighted by Crippen LogP contribution is 1.58. The summed E-state index contributed by atoms with van der Waals surface area (Å²) in [7, 11) is 0. The van der Waals surface area contributed by atoms with Crippen LogP contribution in [0.5, 0.6) is 0 Å². The Kier molecular flexibility index (Phi) is 0.0984. The molecule has 0 saturated carbocycles. The van der Waals surface area contributed by atoms with Crippen molar-refractivity contribution in [3.8, 4) is 23.7 Å². The van der Waals surface area contributed by atoms with Crippen molar-refractivity contribution in [1.82, 2.24) is 0 Å². The number of hydrogen-bond donors (Lipinski definition) is 0. The average molecular weight is 48.0 g/mol. The topological polar surface area (TPSA) is 0 Å². The zero-order valence-electron chi connectivity index (χ0n) is 2.00. The van der Waals surface area contributed by atoms with Gasteiger partial charge in [-0.3, -0.25) is 0 Å². The van der Waals surface area contributed by atoms with Crippen LogP contribution in [0, 0.1) is 23.7 Å². The molecule has 0 amide bonds. The highest BCUT2D eigenvalue weighted by Gasteiger charge is 1.58. The fourth-order valence-electron chi connectivity index (χ4n) is 0.0625. The van der Waals surface area contributed by atoms with E-state index in [0.717, 1.165) is 0 Å². The maximum Gasteiger partial charge on any atom is 0 e. The van der Waals surface area contributed by atoms with Gasteiger partial charge in [0.25, 0.3) is 0 Å². The standard InChI is InChI=1S/C4/c1-2-4-3-1. The van der Waals surface area contributed by atoms with E-state index >= 15 is 0 Å². The third-order valence-corrected chi connectivity index (χ3v) is 0.250. The van der Waals surface area contributed by atoms with Crippen molar-refractivity contribution < 1.29 is 0 Å². The molecule has 0 aromatic carbocycles. The minimum absolute atomic E-state index is 2.50. The molecule has 0 saturated heterocycles. The minimum Gasteiger partial charge on any atom is 0 e. The van der Waals surface area contributed by atoms with E-state index in [1.165, 1.54) is 0 Å². The molecule has 0 fully saturated rings. The van der Waals surface area contributed by atoms with Crippen LogP contribution in [0.3, 0.4) is 0 Å². The van der Waals surface area contributed by atoms with Gasteiger partial charge in [0.2, 0.25) is 0 Å². The lowest BCUT2D eigenvalue weighted by molar-refractivity contribution is 2.31. The monoisotopic (exact) mass is 48.0 g/mol. The van der Waals surface area contributed by atoms with Crippen LogP contribution in [-0.4, -0.2) is 0 Å². The first kappa shape index (κ1) is 1.44. The third kappa shape index (κ3) is 0.00166. The van der Waals surface area contributed by atoms with Crippen LogP contribution in [0.2, 0.25) is 0 Å². The molecule has 0 aromatic heterocycles. The Balaban J connectivity index is 3.00. The van der Waals surface area contributed by atoms with Gasteiger partial charge in [-0.25, -0.2) is 0 Å². The van der Waals surface area contributed by atoms with Crippen molar-refractivity contribution in [1.29, 1.82) is 0 Å². The van der Waals surface area contributed by atoms with Gasteiger partial charge in [-0.1, -0.05) is 0 Å². The first-order valence-electron chi connectivity index (χ1n) is 1.00. The second kappa shape index (κ2) is 0.273. The largest absolute Gasteiger partial charge is 0 e. The summed E-state index contributed by atoms with van der Waals surface area (Å²) in [6, 6.07) is 0. The molecule has 0 nitrogen and oxygen atoms in total. The highest BCUT2D eigenvalue weighted by atomic mass is 13.6. The zero-order valence-corrected chi connectivity index (χ0v) is 2.00. The van der Waals surface area contributed by atoms with Crippen LogP contribution < -0.4 is 0 Å². The summed E-state index contributed by atoms with van der Waals surface area (Å²) in [6.45, 7) is 0. The summed E-state index contributed by atoms with van der Waals surface area (Å²) in [5.74, 6) is 10.0. The van der Waals surface area contributed by atoms with Gasteiger partial charge in [-0.15, -0.1) is 0 Å². The first-order chi connectivity index (χ1) is 2.00. The molecular formula is C4. The molecule has 1 aliphatic rings. The molecule has 16 valence electrons. The molecule has 0 atom stereocenters. The summed E-state index contributed by atoms with van der Waals surface area (Å²) >= 11 is 0. The van der Waals surface area contributed by atoms with Gasteiger partial charge < -0.3 is 0 Å². The van der Waals surface area contributed by atoms with E-state index in [2.05, 4.69) is 23.7 Å². The molecule has 0 unspecified atom stereocenters. The Morgan fingerprint density at radius 2 is 0.750 bits per heavy atom. The van der Waals surface area contributed by atoms with Gasteiger partial charge in [0.1, 0.15) is 0 Å². The summed E-state index contributed by atoms with van der Waals surface area (Å²) in [6.07, 6.45) is 0. The van der Waals surface area contributed by atoms with Crippen LogP contribution in [0.15, 0.2) is 0 Å². The van der Waals surface area contributed by atoms with Gasteiger partial charge in [-0.2, -0.15) is 0 Å². The quantitative estimate of drug-likeness (QED) is 0.338. The lowest BCUT2D eigenvalue weighted by Gasteiger charge is -1.58. The minimum atomic E-state index is 2.50. The molecule has 0 aliphatic heterocycles. The van der Waals surface area contributed by atoms with Crippen molar-refractivity contribution in [2.24, 2.45) is 0 Å². The van der Waals surface area contributed by atoms with Crippen molar-refractivity contribution in [3.63, 3.8) is 0 Å². The van der Waals surface area contributed by atoms with Gasteiger partial charge in [0, 0.05) is 23.7 Å². The molecule has 1 aliphatic carbocycles. The van der Waals surface area contributed by atoms with E-state index < -0.39 is 0 Å². The van der Waals surface area contributed by atoms with E-state index in [4.69, 9.17) is 0 Å². The molecule has 0 N–H and O–H groups in total. The molecule has 4 heavy (non-hydrogen) atoms. The third-order valence-electron chi connectivity index (χ3n) is 0.250. The van der Waals surface area contributed by atoms with Gasteiger partial charge in [-0.05, 0) is 0 Å². The zero-order chi connectivity index (χ0) is 2.83. The molecule has 0 radical (unpaired) electrons. The summed E-state index contributed by atoms with van der Waals surface area (Å²) in [5.41, 5.74) is 0. The van der Waals surface area contributed by atoms with E-state index in [-0.39, 0.29) is 0 Å². The molecule has 0 bridgehead atoms. The van der Waals surface area contributed by atoms with Crippen LogP contribution in [0.1, 0.15) is 0 Å². The average Bonchev–Trinajstić information content (AvgIpc) is 0.722. The van der Waals surface area contributed by atoms with Crippen molar-refractivity contribution >= 4 is 0 Å². The van der Waals surface area contributed by atoms with Crippen LogP contribution >= 0.6 is 0 Å². The SMILES string of the molecule is C1#CC#C1. The Morgan fingerprint density at radius 1 is 0.500 bits per heavy atom. The maximum atomic E-state index is 2.50. The predicted molar refractivity (Wildman–Crippen MR) is 15.6 cm³/mol. The van der Waals surface area contributed by atoms with E-state index in [1.807, 2.05) is 0 Å². The van der Waals surface area contributed by atoms with E-state index in [9.17, 15) is 0 Å². The summed E-state index contributed by atoms with van der Waals surface area (Å²) in [4.78, 5) is 0. The van der Waals surface area contributed by atoms with Gasteiger partial charge >= 0.3 is 0 Å². The highest BCUT2D eigenvalue weighted by molar-refractivity contribution is 5.47. The Morgan fingerprint density at radius 3 is 0.750 bits per heavy atom. The van der Waals surface area contributed by atoms with Crippen molar-refractivity contribution in [2.75, 3.05) is 0 Å². The molecule has 0 aromatic rings. The fraction of sp³-hybridized carbons (Fsp3) is 0. The Labute approximate surface area is 24.8 Å². The van der Waals surface area contributed by atoms with E-state index in [0.29, 0.717) is 0 Å². The molecule has 0 heterocycles. The van der Waals surface area contributed by atoms with Crippen molar-refractivity contribution in [2.45, 2.75) is 0 Å². The second-order valence-electron chi connectivity index (χ2n) is 0.500. The van der Waals surface area contributed by atoms with Crippen LogP contribution in [0.4, 0.5) is 0 Å². The van der Waals surface area contributed by atoms with Gasteiger partial charge in [0.05, 0.1) is 0 Å². The Bertz CT molecular complexity index is 91.6. The van der Waals surface area contributed by atoms with Crippen molar-refractivity contribution in [3.05, 3.63) is 0 Å². The van der Waals surface area contributed by atoms with Gasteiger partial charge in [0.15, 0.2) is 0 Å². The number of rotatable bonds is 0. The molecule has 0 spiro atoms. The Hall–Kier alpha value is -0.880. The molecular weight excluding hydrogens is 48.0 g/mol. The maximum absolute atomic E-state index is 2.50.